The van der Waals surface area contributed by atoms with Gasteiger partial charge in [0.1, 0.15) is 16.4 Å². The Labute approximate surface area is 141 Å². The number of furan rings is 1. The van der Waals surface area contributed by atoms with Gasteiger partial charge in [0, 0.05) is 24.7 Å². The summed E-state index contributed by atoms with van der Waals surface area (Å²) in [6, 6.07) is 8.63. The van der Waals surface area contributed by atoms with E-state index in [1.165, 1.54) is 4.31 Å². The van der Waals surface area contributed by atoms with Crippen molar-refractivity contribution in [1.29, 1.82) is 0 Å². The van der Waals surface area contributed by atoms with Crippen molar-refractivity contribution in [3.63, 3.8) is 0 Å². The van der Waals surface area contributed by atoms with Crippen LogP contribution in [0.2, 0.25) is 5.02 Å². The average molecular weight is 355 g/mol. The molecule has 3 rings (SSSR count). The van der Waals surface area contributed by atoms with Gasteiger partial charge in [-0.15, -0.1) is 0 Å². The van der Waals surface area contributed by atoms with Gasteiger partial charge in [-0.2, -0.15) is 4.31 Å². The van der Waals surface area contributed by atoms with Crippen molar-refractivity contribution in [2.75, 3.05) is 19.6 Å². The fourth-order valence-electron chi connectivity index (χ4n) is 2.96. The Morgan fingerprint density at radius 3 is 2.74 bits per heavy atom. The van der Waals surface area contributed by atoms with E-state index in [9.17, 15) is 8.42 Å². The van der Waals surface area contributed by atoms with E-state index in [4.69, 9.17) is 16.0 Å². The topological polar surface area (TPSA) is 62.6 Å². The van der Waals surface area contributed by atoms with E-state index in [0.29, 0.717) is 36.2 Å². The molecule has 2 heterocycles. The van der Waals surface area contributed by atoms with Gasteiger partial charge in [-0.25, -0.2) is 8.42 Å². The van der Waals surface area contributed by atoms with Gasteiger partial charge in [-0.3, -0.25) is 0 Å². The van der Waals surface area contributed by atoms with Crippen LogP contribution >= 0.6 is 11.6 Å². The molecule has 0 spiro atoms. The van der Waals surface area contributed by atoms with Crippen LogP contribution in [0.4, 0.5) is 0 Å². The van der Waals surface area contributed by atoms with Gasteiger partial charge in [0.25, 0.3) is 0 Å². The van der Waals surface area contributed by atoms with Crippen LogP contribution in [0.1, 0.15) is 23.1 Å². The van der Waals surface area contributed by atoms with Crippen molar-refractivity contribution < 1.29 is 12.8 Å². The lowest BCUT2D eigenvalue weighted by molar-refractivity contribution is 0.271. The number of rotatable bonds is 3. The number of piperazine rings is 1. The number of halogens is 1. The van der Waals surface area contributed by atoms with Crippen molar-refractivity contribution in [3.8, 4) is 0 Å². The standard InChI is InChI=1S/C16H19ClN2O3S/c1-11-8-16(12(2)22-11)23(20,21)19-7-6-18-10-15(19)13-4-3-5-14(17)9-13/h3-5,8-9,15,18H,6-7,10H2,1-2H3. The maximum absolute atomic E-state index is 13.1. The van der Waals surface area contributed by atoms with Gasteiger partial charge < -0.3 is 9.73 Å². The third kappa shape index (κ3) is 3.17. The minimum Gasteiger partial charge on any atom is -0.465 e. The monoisotopic (exact) mass is 354 g/mol. The van der Waals surface area contributed by atoms with Crippen molar-refractivity contribution in [3.05, 3.63) is 52.4 Å². The zero-order valence-corrected chi connectivity index (χ0v) is 14.6. The summed E-state index contributed by atoms with van der Waals surface area (Å²) >= 11 is 6.07. The molecular weight excluding hydrogens is 336 g/mol. The number of aryl methyl sites for hydroxylation is 2. The van der Waals surface area contributed by atoms with Crippen LogP contribution in [0.25, 0.3) is 0 Å². The lowest BCUT2D eigenvalue weighted by Gasteiger charge is -2.35. The van der Waals surface area contributed by atoms with Crippen molar-refractivity contribution in [2.45, 2.75) is 24.8 Å². The van der Waals surface area contributed by atoms with E-state index >= 15 is 0 Å². The molecule has 0 bridgehead atoms. The van der Waals surface area contributed by atoms with Crippen LogP contribution in [0.3, 0.4) is 0 Å². The molecule has 0 amide bonds. The molecule has 23 heavy (non-hydrogen) atoms. The molecule has 0 saturated carbocycles. The fraction of sp³-hybridized carbons (Fsp3) is 0.375. The summed E-state index contributed by atoms with van der Waals surface area (Å²) < 4.78 is 33.1. The zero-order valence-electron chi connectivity index (χ0n) is 13.0. The molecule has 1 N–H and O–H groups in total. The average Bonchev–Trinajstić information content (AvgIpc) is 2.87. The predicted octanol–water partition coefficient (Wildman–Crippen LogP) is 2.89. The van der Waals surface area contributed by atoms with E-state index in [1.54, 1.807) is 26.0 Å². The van der Waals surface area contributed by atoms with Crippen LogP contribution in [-0.2, 0) is 10.0 Å². The van der Waals surface area contributed by atoms with E-state index in [0.717, 1.165) is 5.56 Å². The molecule has 0 radical (unpaired) electrons. The molecule has 1 saturated heterocycles. The largest absolute Gasteiger partial charge is 0.465 e. The van der Waals surface area contributed by atoms with Crippen LogP contribution < -0.4 is 5.32 Å². The molecule has 1 atom stereocenters. The highest BCUT2D eigenvalue weighted by atomic mass is 35.5. The molecule has 1 aromatic heterocycles. The molecule has 7 heteroatoms. The third-order valence-electron chi connectivity index (χ3n) is 4.01. The molecule has 5 nitrogen and oxygen atoms in total. The molecule has 0 aliphatic carbocycles. The van der Waals surface area contributed by atoms with Crippen LogP contribution in [0.5, 0.6) is 0 Å². The van der Waals surface area contributed by atoms with Gasteiger partial charge in [-0.05, 0) is 37.6 Å². The van der Waals surface area contributed by atoms with Crippen molar-refractivity contribution >= 4 is 21.6 Å². The first-order chi connectivity index (χ1) is 10.9. The molecule has 1 unspecified atom stereocenters. The Bertz CT molecular complexity index is 816. The fourth-order valence-corrected chi connectivity index (χ4v) is 5.00. The Hall–Kier alpha value is -1.34. The molecular formula is C16H19ClN2O3S. The minimum absolute atomic E-state index is 0.240. The van der Waals surface area contributed by atoms with E-state index in [1.807, 2.05) is 18.2 Å². The quantitative estimate of drug-likeness (QED) is 0.920. The molecule has 1 aliphatic rings. The lowest BCUT2D eigenvalue weighted by Crippen LogP contribution is -2.48. The van der Waals surface area contributed by atoms with E-state index in [-0.39, 0.29) is 10.9 Å². The summed E-state index contributed by atoms with van der Waals surface area (Å²) in [5.41, 5.74) is 0.881. The summed E-state index contributed by atoms with van der Waals surface area (Å²) in [6.45, 7) is 5.00. The second kappa shape index (κ2) is 6.28. The van der Waals surface area contributed by atoms with Gasteiger partial charge >= 0.3 is 0 Å². The molecule has 1 fully saturated rings. The number of nitrogens with zero attached hydrogens (tertiary/aromatic N) is 1. The van der Waals surface area contributed by atoms with Crippen molar-refractivity contribution in [2.24, 2.45) is 0 Å². The second-order valence-electron chi connectivity index (χ2n) is 5.67. The van der Waals surface area contributed by atoms with Crippen LogP contribution in [0.15, 0.2) is 39.6 Å². The predicted molar refractivity (Wildman–Crippen MR) is 89.1 cm³/mol. The van der Waals surface area contributed by atoms with Crippen LogP contribution in [0, 0.1) is 13.8 Å². The van der Waals surface area contributed by atoms with E-state index in [2.05, 4.69) is 5.32 Å². The van der Waals surface area contributed by atoms with Gasteiger partial charge in [0.2, 0.25) is 10.0 Å². The van der Waals surface area contributed by atoms with Gasteiger partial charge in [0.05, 0.1) is 6.04 Å². The summed E-state index contributed by atoms with van der Waals surface area (Å²) in [5, 5.41) is 3.85. The van der Waals surface area contributed by atoms with Gasteiger partial charge in [-0.1, -0.05) is 23.7 Å². The normalized spacial score (nSPS) is 19.9. The Morgan fingerprint density at radius 2 is 2.09 bits per heavy atom. The number of hydrogen-bond acceptors (Lipinski definition) is 4. The Balaban J connectivity index is 2.03. The van der Waals surface area contributed by atoms with E-state index < -0.39 is 10.0 Å². The van der Waals surface area contributed by atoms with Crippen molar-refractivity contribution in [1.82, 2.24) is 9.62 Å². The molecule has 1 aromatic carbocycles. The van der Waals surface area contributed by atoms with Crippen LogP contribution in [-0.4, -0.2) is 32.4 Å². The summed E-state index contributed by atoms with van der Waals surface area (Å²) in [4.78, 5) is 0.240. The maximum Gasteiger partial charge on any atom is 0.247 e. The number of benzene rings is 1. The molecule has 124 valence electrons. The number of sulfonamides is 1. The number of hydrogen-bond donors (Lipinski definition) is 1. The number of nitrogens with one attached hydrogen (secondary N) is 1. The third-order valence-corrected chi connectivity index (χ3v) is 6.26. The smallest absolute Gasteiger partial charge is 0.247 e. The maximum atomic E-state index is 13.1. The van der Waals surface area contributed by atoms with Gasteiger partial charge in [0.15, 0.2) is 0 Å². The first kappa shape index (κ1) is 16.5. The Morgan fingerprint density at radius 1 is 1.30 bits per heavy atom. The first-order valence-corrected chi connectivity index (χ1v) is 9.26. The zero-order chi connectivity index (χ0) is 16.6. The highest BCUT2D eigenvalue weighted by molar-refractivity contribution is 7.89. The lowest BCUT2D eigenvalue weighted by atomic mass is 10.1. The summed E-state index contributed by atoms with van der Waals surface area (Å²) in [6.07, 6.45) is 0. The second-order valence-corrected chi connectivity index (χ2v) is 7.96. The SMILES string of the molecule is Cc1cc(S(=O)(=O)N2CCNCC2c2cccc(Cl)c2)c(C)o1. The first-order valence-electron chi connectivity index (χ1n) is 7.44. The highest BCUT2D eigenvalue weighted by Crippen LogP contribution is 2.32. The minimum atomic E-state index is -3.63. The molecule has 2 aromatic rings. The highest BCUT2D eigenvalue weighted by Gasteiger charge is 2.36. The Kier molecular flexibility index (Phi) is 4.51. The molecule has 1 aliphatic heterocycles. The summed E-state index contributed by atoms with van der Waals surface area (Å²) in [7, 11) is -3.63. The summed E-state index contributed by atoms with van der Waals surface area (Å²) in [5.74, 6) is 1.02.